The van der Waals surface area contributed by atoms with Gasteiger partial charge in [0.2, 0.25) is 11.7 Å². The molecular formula is C36H51N3O9. The number of cyclic esters (lactones) is 1. The van der Waals surface area contributed by atoms with E-state index in [4.69, 9.17) is 28.4 Å². The van der Waals surface area contributed by atoms with Gasteiger partial charge in [-0.1, -0.05) is 13.8 Å². The van der Waals surface area contributed by atoms with Crippen molar-refractivity contribution in [3.05, 3.63) is 41.0 Å². The van der Waals surface area contributed by atoms with Crippen molar-refractivity contribution in [2.45, 2.75) is 58.5 Å². The fourth-order valence-electron chi connectivity index (χ4n) is 6.28. The summed E-state index contributed by atoms with van der Waals surface area (Å²) < 4.78 is 34.4. The average Bonchev–Trinajstić information content (AvgIpc) is 3.24. The summed E-state index contributed by atoms with van der Waals surface area (Å²) in [6.07, 6.45) is 3.45. The van der Waals surface area contributed by atoms with E-state index in [1.165, 1.54) is 21.3 Å². The Balaban J connectivity index is 0.00000255. The smallest absolute Gasteiger partial charge is 0.338 e. The first kappa shape index (κ1) is 36.8. The second kappa shape index (κ2) is 17.9. The lowest BCUT2D eigenvalue weighted by atomic mass is 10.1. The molecule has 4 bridgehead atoms. The topological polar surface area (TPSA) is 116 Å². The number of likely N-dealkylation sites (N-methyl/N-ethyl adjacent to an activating group) is 1. The summed E-state index contributed by atoms with van der Waals surface area (Å²) in [5, 5.41) is 0. The molecule has 0 saturated carbocycles. The van der Waals surface area contributed by atoms with Crippen LogP contribution in [0.4, 0.5) is 5.69 Å². The zero-order valence-electron chi connectivity index (χ0n) is 29.3. The fourth-order valence-corrected chi connectivity index (χ4v) is 6.28. The number of hydrogen-bond acceptors (Lipinski definition) is 11. The minimum absolute atomic E-state index is 0.0500. The lowest BCUT2D eigenvalue weighted by Crippen LogP contribution is -2.34. The van der Waals surface area contributed by atoms with E-state index in [0.29, 0.717) is 72.3 Å². The van der Waals surface area contributed by atoms with E-state index >= 15 is 0 Å². The van der Waals surface area contributed by atoms with Crippen LogP contribution in [-0.4, -0.2) is 115 Å². The maximum Gasteiger partial charge on any atom is 0.338 e. The molecule has 12 nitrogen and oxygen atoms in total. The normalized spacial score (nSPS) is 21.9. The van der Waals surface area contributed by atoms with Crippen molar-refractivity contribution in [2.75, 3.05) is 85.8 Å². The predicted molar refractivity (Wildman–Crippen MR) is 182 cm³/mol. The molecule has 0 aromatic heterocycles. The van der Waals surface area contributed by atoms with Crippen LogP contribution >= 0.6 is 0 Å². The van der Waals surface area contributed by atoms with Gasteiger partial charge in [0, 0.05) is 38.8 Å². The summed E-state index contributed by atoms with van der Waals surface area (Å²) in [4.78, 5) is 45.2. The van der Waals surface area contributed by atoms with E-state index in [9.17, 15) is 14.4 Å². The molecule has 3 unspecified atom stereocenters. The largest absolute Gasteiger partial charge is 0.496 e. The van der Waals surface area contributed by atoms with Crippen LogP contribution in [0.5, 0.6) is 23.0 Å². The number of methoxy groups -OCH3 is 3. The highest BCUT2D eigenvalue weighted by Crippen LogP contribution is 2.39. The van der Waals surface area contributed by atoms with E-state index in [1.54, 1.807) is 36.2 Å². The van der Waals surface area contributed by atoms with E-state index < -0.39 is 11.9 Å². The van der Waals surface area contributed by atoms with Gasteiger partial charge >= 0.3 is 11.9 Å². The minimum Gasteiger partial charge on any atom is -0.496 e. The molecular weight excluding hydrogens is 618 g/mol. The molecule has 1 fully saturated rings. The number of carbonyl (C=O) groups excluding carboxylic acids is 3. The molecule has 264 valence electrons. The van der Waals surface area contributed by atoms with Gasteiger partial charge in [0.15, 0.2) is 11.5 Å². The van der Waals surface area contributed by atoms with Crippen molar-refractivity contribution in [3.63, 3.8) is 0 Å². The van der Waals surface area contributed by atoms with E-state index in [2.05, 4.69) is 9.80 Å². The Hall–Kier alpha value is -4.03. The molecule has 0 spiro atoms. The standard InChI is InChI=1S/C34H45N3O9.C2H6/c1-35-27-18-23(19-28(41-2)26(27)22-31(35)38)34(40)46-25-8-5-16-44-30-21-24(20-29(42-3)32(30)43-4)33(39)45-17-7-12-36-10-6-11-37(13-9-25)15-14-36;1-2/h18-21,25H,5-17,22H2,1-4H3;1-2H3. The van der Waals surface area contributed by atoms with E-state index in [0.717, 1.165) is 57.7 Å². The van der Waals surface area contributed by atoms with Crippen LogP contribution in [0.2, 0.25) is 0 Å². The van der Waals surface area contributed by atoms with Crippen LogP contribution in [-0.2, 0) is 20.7 Å². The zero-order chi connectivity index (χ0) is 34.6. The summed E-state index contributed by atoms with van der Waals surface area (Å²) in [5.41, 5.74) is 2.10. The molecule has 3 aliphatic rings. The molecule has 3 aliphatic heterocycles. The molecule has 12 heteroatoms. The molecule has 0 radical (unpaired) electrons. The Morgan fingerprint density at radius 1 is 0.771 bits per heavy atom. The quantitative estimate of drug-likeness (QED) is 0.416. The number of hydrogen-bond donors (Lipinski definition) is 0. The van der Waals surface area contributed by atoms with Gasteiger partial charge in [-0.2, -0.15) is 0 Å². The molecule has 2 aromatic carbocycles. The molecule has 3 atom stereocenters. The van der Waals surface area contributed by atoms with E-state index in [1.807, 2.05) is 13.8 Å². The van der Waals surface area contributed by atoms with Gasteiger partial charge < -0.3 is 43.1 Å². The average molecular weight is 670 g/mol. The SMILES string of the molecule is CC.COc1cc(C(=O)OC2CCCOc3cc(cc(OC)c3OC)C(=O)OCCCN3CCCN(CC2)CC3)cc2c1CC(=O)N2C. The number of fused-ring (bicyclic) bond motifs is 6. The Morgan fingerprint density at radius 2 is 1.46 bits per heavy atom. The molecule has 0 aliphatic carbocycles. The highest BCUT2D eigenvalue weighted by molar-refractivity contribution is 6.04. The van der Waals surface area contributed by atoms with Gasteiger partial charge in [0.25, 0.3) is 0 Å². The number of rotatable bonds is 5. The monoisotopic (exact) mass is 669 g/mol. The summed E-state index contributed by atoms with van der Waals surface area (Å²) in [6, 6.07) is 6.57. The third kappa shape index (κ3) is 9.10. The highest BCUT2D eigenvalue weighted by atomic mass is 16.5. The predicted octanol–water partition coefficient (Wildman–Crippen LogP) is 4.60. The van der Waals surface area contributed by atoms with Crippen LogP contribution in [0.1, 0.15) is 72.2 Å². The van der Waals surface area contributed by atoms with Crippen LogP contribution in [0, 0.1) is 0 Å². The zero-order valence-corrected chi connectivity index (χ0v) is 29.3. The van der Waals surface area contributed by atoms with Gasteiger partial charge in [-0.15, -0.1) is 0 Å². The van der Waals surface area contributed by atoms with Crippen molar-refractivity contribution in [1.82, 2.24) is 9.80 Å². The second-order valence-corrected chi connectivity index (χ2v) is 11.8. The first-order chi connectivity index (χ1) is 23.3. The Labute approximate surface area is 284 Å². The maximum absolute atomic E-state index is 13.5. The molecule has 48 heavy (non-hydrogen) atoms. The van der Waals surface area contributed by atoms with Crippen molar-refractivity contribution in [2.24, 2.45) is 0 Å². The minimum atomic E-state index is -0.460. The molecule has 2 aromatic rings. The molecule has 1 amide bonds. The fraction of sp³-hybridized carbons (Fsp3) is 0.583. The van der Waals surface area contributed by atoms with Crippen LogP contribution in [0.15, 0.2) is 24.3 Å². The van der Waals surface area contributed by atoms with Gasteiger partial charge in [0.1, 0.15) is 11.9 Å². The van der Waals surface area contributed by atoms with Crippen molar-refractivity contribution in [3.8, 4) is 23.0 Å². The number of ether oxygens (including phenoxy) is 6. The number of esters is 2. The molecule has 3 heterocycles. The number of benzene rings is 2. The summed E-state index contributed by atoms with van der Waals surface area (Å²) in [5.74, 6) is 0.669. The Bertz CT molecular complexity index is 1420. The maximum atomic E-state index is 13.5. The van der Waals surface area contributed by atoms with E-state index in [-0.39, 0.29) is 18.4 Å². The van der Waals surface area contributed by atoms with Crippen LogP contribution in [0.3, 0.4) is 0 Å². The number of nitrogens with zero attached hydrogens (tertiary/aromatic N) is 3. The van der Waals surface area contributed by atoms with Crippen molar-refractivity contribution < 1.29 is 42.8 Å². The van der Waals surface area contributed by atoms with Crippen molar-refractivity contribution in [1.29, 1.82) is 0 Å². The van der Waals surface area contributed by atoms with Crippen LogP contribution < -0.4 is 23.8 Å². The second-order valence-electron chi connectivity index (χ2n) is 11.8. The van der Waals surface area contributed by atoms with Gasteiger partial charge in [-0.25, -0.2) is 9.59 Å². The number of anilines is 1. The first-order valence-electron chi connectivity index (χ1n) is 17.0. The number of amides is 1. The third-order valence-corrected chi connectivity index (χ3v) is 8.89. The summed E-state index contributed by atoms with van der Waals surface area (Å²) in [7, 11) is 6.25. The van der Waals surface area contributed by atoms with Crippen LogP contribution in [0.25, 0.3) is 0 Å². The van der Waals surface area contributed by atoms with Gasteiger partial charge in [-0.3, -0.25) is 4.79 Å². The lowest BCUT2D eigenvalue weighted by Gasteiger charge is -2.25. The lowest BCUT2D eigenvalue weighted by molar-refractivity contribution is -0.117. The Kier molecular flexibility index (Phi) is 13.7. The molecule has 1 saturated heterocycles. The van der Waals surface area contributed by atoms with Crippen molar-refractivity contribution >= 4 is 23.5 Å². The molecule has 0 N–H and O–H groups in total. The summed E-state index contributed by atoms with van der Waals surface area (Å²) in [6.45, 7) is 10.0. The van der Waals surface area contributed by atoms with Gasteiger partial charge in [0.05, 0.1) is 57.8 Å². The number of carbonyl (C=O) groups is 3. The van der Waals surface area contributed by atoms with Gasteiger partial charge in [-0.05, 0) is 69.5 Å². The first-order valence-corrected chi connectivity index (χ1v) is 17.0. The highest BCUT2D eigenvalue weighted by Gasteiger charge is 2.30. The molecule has 5 rings (SSSR count). The summed E-state index contributed by atoms with van der Waals surface area (Å²) >= 11 is 0. The Morgan fingerprint density at radius 3 is 2.17 bits per heavy atom. The third-order valence-electron chi connectivity index (χ3n) is 8.89.